The number of nitrogens with zero attached hydrogens (tertiary/aromatic N) is 6. The van der Waals surface area contributed by atoms with E-state index in [0.29, 0.717) is 13.1 Å². The van der Waals surface area contributed by atoms with Crippen molar-refractivity contribution in [1.82, 2.24) is 29.0 Å². The third-order valence-corrected chi connectivity index (χ3v) is 5.65. The first-order valence-electron chi connectivity index (χ1n) is 10.5. The third kappa shape index (κ3) is 3.62. The molecule has 4 aromatic rings. The Labute approximate surface area is 180 Å². The molecule has 0 saturated carbocycles. The normalized spacial score (nSPS) is 17.0. The van der Waals surface area contributed by atoms with Crippen molar-refractivity contribution in [3.05, 3.63) is 48.8 Å². The molecule has 0 radical (unpaired) electrons. The number of pyridine rings is 2. The summed E-state index contributed by atoms with van der Waals surface area (Å²) in [5.74, 6) is 0. The van der Waals surface area contributed by atoms with E-state index in [9.17, 15) is 4.79 Å². The standard InChI is InChI=1S/C23H26N6O2/c1-15-10-25-21-19-9-16(11-24-20(19)6-8-28(15)21)17-12-26-29(13-17)18-5-7-27(14-18)22(30)31-23(2,3)4/h6,8-13,18H,5,7,14H2,1-4H3/t18-/m0/s1. The molecule has 0 aromatic carbocycles. The molecule has 1 fully saturated rings. The number of fused-ring (bicyclic) bond motifs is 3. The monoisotopic (exact) mass is 418 g/mol. The van der Waals surface area contributed by atoms with Crippen LogP contribution < -0.4 is 0 Å². The fourth-order valence-corrected chi connectivity index (χ4v) is 4.06. The Balaban J connectivity index is 1.39. The number of amides is 1. The molecule has 4 aromatic heterocycles. The second-order valence-electron chi connectivity index (χ2n) is 9.14. The summed E-state index contributed by atoms with van der Waals surface area (Å²) in [7, 11) is 0. The van der Waals surface area contributed by atoms with Gasteiger partial charge in [0.1, 0.15) is 11.2 Å². The Hall–Kier alpha value is -3.42. The average molecular weight is 419 g/mol. The van der Waals surface area contributed by atoms with Crippen LogP contribution in [0.25, 0.3) is 27.7 Å². The first-order chi connectivity index (χ1) is 14.8. The summed E-state index contributed by atoms with van der Waals surface area (Å²) in [6.45, 7) is 8.95. The smallest absolute Gasteiger partial charge is 0.410 e. The molecule has 5 heterocycles. The number of carbonyl (C=O) groups is 1. The van der Waals surface area contributed by atoms with Gasteiger partial charge in [-0.25, -0.2) is 9.78 Å². The lowest BCUT2D eigenvalue weighted by Crippen LogP contribution is -2.35. The van der Waals surface area contributed by atoms with E-state index < -0.39 is 5.60 Å². The van der Waals surface area contributed by atoms with Crippen LogP contribution in [0.4, 0.5) is 4.79 Å². The fraction of sp³-hybridized carbons (Fsp3) is 0.391. The predicted octanol–water partition coefficient (Wildman–Crippen LogP) is 4.24. The quantitative estimate of drug-likeness (QED) is 0.487. The van der Waals surface area contributed by atoms with Gasteiger partial charge in [0, 0.05) is 60.1 Å². The topological polar surface area (TPSA) is 77.5 Å². The molecule has 8 nitrogen and oxygen atoms in total. The third-order valence-electron chi connectivity index (χ3n) is 5.65. The minimum atomic E-state index is -0.490. The molecule has 160 valence electrons. The molecule has 8 heteroatoms. The van der Waals surface area contributed by atoms with Crippen LogP contribution in [0.1, 0.15) is 38.9 Å². The summed E-state index contributed by atoms with van der Waals surface area (Å²) in [5, 5.41) is 5.59. The molecule has 1 amide bonds. The SMILES string of the molecule is Cc1cnc2c3cc(-c4cnn([C@H]5CCN(C(=O)OC(C)(C)C)C5)c4)cnc3ccn12. The van der Waals surface area contributed by atoms with Crippen LogP contribution in [0, 0.1) is 6.92 Å². The van der Waals surface area contributed by atoms with E-state index in [4.69, 9.17) is 4.74 Å². The van der Waals surface area contributed by atoms with E-state index >= 15 is 0 Å². The van der Waals surface area contributed by atoms with Crippen LogP contribution in [-0.2, 0) is 4.74 Å². The molecule has 0 N–H and O–H groups in total. The summed E-state index contributed by atoms with van der Waals surface area (Å²) < 4.78 is 9.52. The van der Waals surface area contributed by atoms with Gasteiger partial charge in [-0.1, -0.05) is 0 Å². The van der Waals surface area contributed by atoms with Crippen molar-refractivity contribution in [1.29, 1.82) is 0 Å². The van der Waals surface area contributed by atoms with E-state index in [1.165, 1.54) is 0 Å². The number of imidazole rings is 1. The van der Waals surface area contributed by atoms with Gasteiger partial charge in [0.15, 0.2) is 0 Å². The van der Waals surface area contributed by atoms with Gasteiger partial charge < -0.3 is 14.0 Å². The maximum Gasteiger partial charge on any atom is 0.410 e. The Morgan fingerprint density at radius 3 is 2.81 bits per heavy atom. The lowest BCUT2D eigenvalue weighted by molar-refractivity contribution is 0.0288. The zero-order chi connectivity index (χ0) is 21.8. The van der Waals surface area contributed by atoms with Crippen LogP contribution in [-0.4, -0.2) is 53.8 Å². The Kier molecular flexibility index (Phi) is 4.46. The van der Waals surface area contributed by atoms with Crippen molar-refractivity contribution >= 4 is 22.6 Å². The number of aromatic nitrogens is 5. The van der Waals surface area contributed by atoms with Crippen LogP contribution in [0.3, 0.4) is 0 Å². The first-order valence-corrected chi connectivity index (χ1v) is 10.5. The van der Waals surface area contributed by atoms with Crippen molar-refractivity contribution in [3.8, 4) is 11.1 Å². The van der Waals surface area contributed by atoms with Crippen molar-refractivity contribution in [2.75, 3.05) is 13.1 Å². The lowest BCUT2D eigenvalue weighted by Gasteiger charge is -2.24. The summed E-state index contributed by atoms with van der Waals surface area (Å²) in [5.41, 5.74) is 4.41. The number of hydrogen-bond acceptors (Lipinski definition) is 5. The molecular weight excluding hydrogens is 392 g/mol. The second kappa shape index (κ2) is 7.08. The highest BCUT2D eigenvalue weighted by molar-refractivity contribution is 5.94. The molecule has 0 spiro atoms. The van der Waals surface area contributed by atoms with Crippen molar-refractivity contribution in [3.63, 3.8) is 0 Å². The molecule has 1 aliphatic heterocycles. The van der Waals surface area contributed by atoms with Crippen LogP contribution in [0.15, 0.2) is 43.1 Å². The molecule has 5 rings (SSSR count). The number of carbonyl (C=O) groups excluding carboxylic acids is 1. The Morgan fingerprint density at radius 1 is 1.16 bits per heavy atom. The lowest BCUT2D eigenvalue weighted by atomic mass is 10.1. The number of hydrogen-bond donors (Lipinski definition) is 0. The predicted molar refractivity (Wildman–Crippen MR) is 118 cm³/mol. The van der Waals surface area contributed by atoms with Gasteiger partial charge in [-0.05, 0) is 46.2 Å². The Bertz CT molecular complexity index is 1280. The average Bonchev–Trinajstić information content (AvgIpc) is 3.46. The van der Waals surface area contributed by atoms with Gasteiger partial charge in [-0.3, -0.25) is 9.67 Å². The van der Waals surface area contributed by atoms with Crippen LogP contribution in [0.5, 0.6) is 0 Å². The van der Waals surface area contributed by atoms with Gasteiger partial charge >= 0.3 is 6.09 Å². The van der Waals surface area contributed by atoms with E-state index in [2.05, 4.69) is 25.5 Å². The molecular formula is C23H26N6O2. The number of aryl methyl sites for hydroxylation is 1. The minimum Gasteiger partial charge on any atom is -0.444 e. The van der Waals surface area contributed by atoms with Crippen molar-refractivity contribution < 1.29 is 9.53 Å². The van der Waals surface area contributed by atoms with Crippen molar-refractivity contribution in [2.24, 2.45) is 0 Å². The Morgan fingerprint density at radius 2 is 2.00 bits per heavy atom. The first kappa shape index (κ1) is 19.5. The number of likely N-dealkylation sites (tertiary alicyclic amines) is 1. The van der Waals surface area contributed by atoms with Crippen molar-refractivity contribution in [2.45, 2.75) is 45.8 Å². The molecule has 1 saturated heterocycles. The zero-order valence-electron chi connectivity index (χ0n) is 18.2. The molecule has 1 aliphatic rings. The van der Waals surface area contributed by atoms with E-state index in [0.717, 1.165) is 39.8 Å². The molecule has 0 bridgehead atoms. The maximum absolute atomic E-state index is 12.4. The molecule has 1 atom stereocenters. The maximum atomic E-state index is 12.4. The second-order valence-corrected chi connectivity index (χ2v) is 9.14. The van der Waals surface area contributed by atoms with E-state index in [-0.39, 0.29) is 12.1 Å². The van der Waals surface area contributed by atoms with Gasteiger partial charge in [0.05, 0.1) is 17.8 Å². The number of rotatable bonds is 2. The highest BCUT2D eigenvalue weighted by atomic mass is 16.6. The van der Waals surface area contributed by atoms with E-state index in [1.807, 2.05) is 69.4 Å². The van der Waals surface area contributed by atoms with Crippen LogP contribution in [0.2, 0.25) is 0 Å². The highest BCUT2D eigenvalue weighted by Gasteiger charge is 2.31. The zero-order valence-corrected chi connectivity index (χ0v) is 18.2. The summed E-state index contributed by atoms with van der Waals surface area (Å²) >= 11 is 0. The van der Waals surface area contributed by atoms with Gasteiger partial charge in [0.25, 0.3) is 0 Å². The fourth-order valence-electron chi connectivity index (χ4n) is 4.06. The van der Waals surface area contributed by atoms with Gasteiger partial charge in [0.2, 0.25) is 0 Å². The molecule has 0 aliphatic carbocycles. The minimum absolute atomic E-state index is 0.135. The molecule has 0 unspecified atom stereocenters. The number of ether oxygens (including phenoxy) is 1. The molecule has 31 heavy (non-hydrogen) atoms. The highest BCUT2D eigenvalue weighted by Crippen LogP contribution is 2.28. The summed E-state index contributed by atoms with van der Waals surface area (Å²) in [4.78, 5) is 23.3. The van der Waals surface area contributed by atoms with Crippen LogP contribution >= 0.6 is 0 Å². The summed E-state index contributed by atoms with van der Waals surface area (Å²) in [6.07, 6.45) is 10.2. The largest absolute Gasteiger partial charge is 0.444 e. The van der Waals surface area contributed by atoms with E-state index in [1.54, 1.807) is 4.90 Å². The van der Waals surface area contributed by atoms with Gasteiger partial charge in [-0.2, -0.15) is 5.10 Å². The summed E-state index contributed by atoms with van der Waals surface area (Å²) in [6, 6.07) is 4.26. The van der Waals surface area contributed by atoms with Gasteiger partial charge in [-0.15, -0.1) is 0 Å².